The van der Waals surface area contributed by atoms with Gasteiger partial charge in [0.2, 0.25) is 0 Å². The van der Waals surface area contributed by atoms with Crippen molar-refractivity contribution in [2.24, 2.45) is 0 Å². The maximum atomic E-state index is 5.17. The zero-order chi connectivity index (χ0) is 36.9. The molecule has 0 amide bonds. The van der Waals surface area contributed by atoms with Crippen molar-refractivity contribution in [1.82, 2.24) is 9.97 Å². The van der Waals surface area contributed by atoms with E-state index < -0.39 is 0 Å². The molecule has 9 aromatic rings. The first-order chi connectivity index (χ1) is 27.0. The van der Waals surface area contributed by atoms with E-state index in [4.69, 9.17) is 9.97 Å². The quantitative estimate of drug-likeness (QED) is 0.172. The molecule has 1 aliphatic rings. The van der Waals surface area contributed by atoms with Gasteiger partial charge in [0.1, 0.15) is 0 Å². The molecule has 0 aliphatic heterocycles. The number of hydrogen-bond donors (Lipinski definition) is 0. The van der Waals surface area contributed by atoms with Gasteiger partial charge in [-0.2, -0.15) is 0 Å². The van der Waals surface area contributed by atoms with E-state index in [1.807, 2.05) is 24.3 Å². The second-order valence-electron chi connectivity index (χ2n) is 15.0. The van der Waals surface area contributed by atoms with Crippen LogP contribution in [0, 0.1) is 0 Å². The van der Waals surface area contributed by atoms with Gasteiger partial charge in [-0.25, -0.2) is 9.97 Å². The van der Waals surface area contributed by atoms with Crippen molar-refractivity contribution in [3.05, 3.63) is 205 Å². The third-order valence-corrected chi connectivity index (χ3v) is 11.3. The standard InChI is InChI=1S/C53H38N2/c1-53(2)48-26-12-11-25-45(48)47-33-40(27-30-49(47)53)38-20-13-19-37(31-38)39-21-14-22-41(32-39)42-28-29-46(44-24-10-9-23-43(42)44)51-34-50(35-15-5-3-6-16-35)54-52(55-51)36-17-7-4-8-18-36/h3-34H,1-2H3. The van der Waals surface area contributed by atoms with Crippen LogP contribution < -0.4 is 0 Å². The van der Waals surface area contributed by atoms with Gasteiger partial charge in [0.25, 0.3) is 0 Å². The molecule has 0 spiro atoms. The number of aromatic nitrogens is 2. The Balaban J connectivity index is 1.04. The molecule has 2 nitrogen and oxygen atoms in total. The molecular formula is C53H38N2. The Morgan fingerprint density at radius 2 is 0.818 bits per heavy atom. The molecule has 0 saturated heterocycles. The van der Waals surface area contributed by atoms with E-state index in [0.29, 0.717) is 5.82 Å². The van der Waals surface area contributed by atoms with Crippen LogP contribution in [-0.4, -0.2) is 9.97 Å². The van der Waals surface area contributed by atoms with Gasteiger partial charge in [0.15, 0.2) is 5.82 Å². The average Bonchev–Trinajstić information content (AvgIpc) is 3.49. The SMILES string of the molecule is CC1(C)c2ccccc2-c2cc(-c3cccc(-c4cccc(-c5ccc(-c6cc(-c7ccccc7)nc(-c7ccccc7)n6)c6ccccc56)c4)c3)ccc21. The van der Waals surface area contributed by atoms with Gasteiger partial charge in [-0.15, -0.1) is 0 Å². The molecule has 1 aromatic heterocycles. The highest BCUT2D eigenvalue weighted by Gasteiger charge is 2.35. The van der Waals surface area contributed by atoms with Crippen LogP contribution in [0.4, 0.5) is 0 Å². The van der Waals surface area contributed by atoms with E-state index in [9.17, 15) is 0 Å². The Hall–Kier alpha value is -6.90. The summed E-state index contributed by atoms with van der Waals surface area (Å²) in [6.45, 7) is 4.67. The Morgan fingerprint density at radius 3 is 1.55 bits per heavy atom. The summed E-state index contributed by atoms with van der Waals surface area (Å²) >= 11 is 0. The van der Waals surface area contributed by atoms with Gasteiger partial charge in [-0.1, -0.05) is 184 Å². The molecule has 0 saturated carbocycles. The van der Waals surface area contributed by atoms with Crippen molar-refractivity contribution in [3.8, 4) is 78.4 Å². The Kier molecular flexibility index (Phi) is 7.85. The first-order valence-corrected chi connectivity index (χ1v) is 19.0. The summed E-state index contributed by atoms with van der Waals surface area (Å²) in [6.07, 6.45) is 0. The summed E-state index contributed by atoms with van der Waals surface area (Å²) in [5.41, 5.74) is 17.7. The van der Waals surface area contributed by atoms with Crippen LogP contribution in [0.2, 0.25) is 0 Å². The molecule has 260 valence electrons. The summed E-state index contributed by atoms with van der Waals surface area (Å²) in [4.78, 5) is 10.2. The predicted molar refractivity (Wildman–Crippen MR) is 230 cm³/mol. The molecule has 10 rings (SSSR count). The predicted octanol–water partition coefficient (Wildman–Crippen LogP) is 13.9. The Bertz CT molecular complexity index is 2830. The van der Waals surface area contributed by atoms with Crippen LogP contribution in [0.1, 0.15) is 25.0 Å². The summed E-state index contributed by atoms with van der Waals surface area (Å²) in [6, 6.07) is 69.7. The smallest absolute Gasteiger partial charge is 0.160 e. The van der Waals surface area contributed by atoms with Gasteiger partial charge < -0.3 is 0 Å². The van der Waals surface area contributed by atoms with Crippen molar-refractivity contribution < 1.29 is 0 Å². The summed E-state index contributed by atoms with van der Waals surface area (Å²) in [5, 5.41) is 2.35. The lowest BCUT2D eigenvalue weighted by molar-refractivity contribution is 0.660. The first kappa shape index (κ1) is 32.7. The van der Waals surface area contributed by atoms with Crippen molar-refractivity contribution in [1.29, 1.82) is 0 Å². The summed E-state index contributed by atoms with van der Waals surface area (Å²) in [5.74, 6) is 0.716. The molecule has 0 radical (unpaired) electrons. The fraction of sp³-hybridized carbons (Fsp3) is 0.0566. The minimum absolute atomic E-state index is 0.000140. The molecule has 8 aromatic carbocycles. The zero-order valence-electron chi connectivity index (χ0n) is 30.9. The van der Waals surface area contributed by atoms with Crippen molar-refractivity contribution in [3.63, 3.8) is 0 Å². The maximum Gasteiger partial charge on any atom is 0.160 e. The number of benzene rings is 8. The molecule has 0 unspecified atom stereocenters. The minimum Gasteiger partial charge on any atom is -0.228 e. The lowest BCUT2D eigenvalue weighted by Crippen LogP contribution is -2.14. The van der Waals surface area contributed by atoms with Crippen LogP contribution in [0.5, 0.6) is 0 Å². The van der Waals surface area contributed by atoms with Gasteiger partial charge in [-0.05, 0) is 90.7 Å². The second-order valence-corrected chi connectivity index (χ2v) is 15.0. The molecule has 1 heterocycles. The normalized spacial score (nSPS) is 12.7. The monoisotopic (exact) mass is 702 g/mol. The second kappa shape index (κ2) is 13.2. The molecule has 0 N–H and O–H groups in total. The molecule has 2 heteroatoms. The number of nitrogens with zero attached hydrogens (tertiary/aromatic N) is 2. The molecule has 0 bridgehead atoms. The average molecular weight is 703 g/mol. The highest BCUT2D eigenvalue weighted by Crippen LogP contribution is 2.49. The van der Waals surface area contributed by atoms with E-state index >= 15 is 0 Å². The summed E-state index contributed by atoms with van der Waals surface area (Å²) in [7, 11) is 0. The fourth-order valence-corrected chi connectivity index (χ4v) is 8.48. The third-order valence-electron chi connectivity index (χ3n) is 11.3. The van der Waals surface area contributed by atoms with Crippen molar-refractivity contribution in [2.45, 2.75) is 19.3 Å². The van der Waals surface area contributed by atoms with Gasteiger partial charge in [-0.3, -0.25) is 0 Å². The van der Waals surface area contributed by atoms with E-state index in [2.05, 4.69) is 184 Å². The van der Waals surface area contributed by atoms with E-state index in [0.717, 1.165) is 33.5 Å². The maximum absolute atomic E-state index is 5.17. The number of fused-ring (bicyclic) bond motifs is 4. The van der Waals surface area contributed by atoms with Crippen molar-refractivity contribution in [2.75, 3.05) is 0 Å². The van der Waals surface area contributed by atoms with Crippen LogP contribution in [0.15, 0.2) is 194 Å². The highest BCUT2D eigenvalue weighted by molar-refractivity contribution is 6.05. The lowest BCUT2D eigenvalue weighted by atomic mass is 9.82. The van der Waals surface area contributed by atoms with Gasteiger partial charge in [0, 0.05) is 22.1 Å². The Morgan fingerprint density at radius 1 is 0.309 bits per heavy atom. The van der Waals surface area contributed by atoms with Crippen molar-refractivity contribution >= 4 is 10.8 Å². The van der Waals surface area contributed by atoms with Gasteiger partial charge in [0.05, 0.1) is 11.4 Å². The van der Waals surface area contributed by atoms with Crippen LogP contribution in [0.25, 0.3) is 89.2 Å². The fourth-order valence-electron chi connectivity index (χ4n) is 8.48. The topological polar surface area (TPSA) is 25.8 Å². The highest BCUT2D eigenvalue weighted by atomic mass is 14.9. The molecular weight excluding hydrogens is 665 g/mol. The van der Waals surface area contributed by atoms with E-state index in [-0.39, 0.29) is 5.41 Å². The lowest BCUT2D eigenvalue weighted by Gasteiger charge is -2.21. The number of hydrogen-bond acceptors (Lipinski definition) is 2. The van der Waals surface area contributed by atoms with E-state index in [1.165, 1.54) is 61.0 Å². The first-order valence-electron chi connectivity index (χ1n) is 19.0. The minimum atomic E-state index is 0.000140. The van der Waals surface area contributed by atoms with Crippen LogP contribution >= 0.6 is 0 Å². The molecule has 0 fully saturated rings. The Labute approximate surface area is 322 Å². The molecule has 0 atom stereocenters. The van der Waals surface area contributed by atoms with Crippen LogP contribution in [-0.2, 0) is 5.41 Å². The van der Waals surface area contributed by atoms with Crippen LogP contribution in [0.3, 0.4) is 0 Å². The third kappa shape index (κ3) is 5.75. The van der Waals surface area contributed by atoms with E-state index in [1.54, 1.807) is 0 Å². The number of rotatable bonds is 6. The van der Waals surface area contributed by atoms with Gasteiger partial charge >= 0.3 is 0 Å². The molecule has 55 heavy (non-hydrogen) atoms. The summed E-state index contributed by atoms with van der Waals surface area (Å²) < 4.78 is 0. The largest absolute Gasteiger partial charge is 0.228 e. The zero-order valence-corrected chi connectivity index (χ0v) is 30.9. The molecule has 1 aliphatic carbocycles.